The Kier molecular flexibility index (Phi) is 6.81. The highest BCUT2D eigenvalue weighted by Gasteiger charge is 2.19. The Morgan fingerprint density at radius 1 is 1.33 bits per heavy atom. The average Bonchev–Trinajstić information content (AvgIpc) is 2.55. The molecule has 1 heterocycles. The molecule has 0 spiro atoms. The van der Waals surface area contributed by atoms with Crippen molar-refractivity contribution in [2.45, 2.75) is 19.4 Å². The predicted octanol–water partition coefficient (Wildman–Crippen LogP) is 2.12. The molecule has 1 saturated heterocycles. The quantitative estimate of drug-likeness (QED) is 0.834. The van der Waals surface area contributed by atoms with E-state index < -0.39 is 0 Å². The van der Waals surface area contributed by atoms with E-state index in [1.54, 1.807) is 13.2 Å². The van der Waals surface area contributed by atoms with E-state index in [1.165, 1.54) is 12.1 Å². The van der Waals surface area contributed by atoms with E-state index >= 15 is 0 Å². The lowest BCUT2D eigenvalue weighted by molar-refractivity contribution is 0.165. The van der Waals surface area contributed by atoms with Gasteiger partial charge in [0.1, 0.15) is 5.82 Å². The summed E-state index contributed by atoms with van der Waals surface area (Å²) < 4.78 is 18.7. The molecule has 0 aromatic heterocycles. The van der Waals surface area contributed by atoms with Crippen molar-refractivity contribution in [1.29, 1.82) is 0 Å². The fraction of sp³-hybridized carbons (Fsp3) is 0.588. The number of carbonyl (C=O) groups is 1. The highest BCUT2D eigenvalue weighted by Crippen LogP contribution is 2.27. The molecule has 1 aliphatic heterocycles. The smallest absolute Gasteiger partial charge is 0.319 e. The SMILES string of the molecule is CCC(COC)NC(=O)Nc1cc(F)ccc1N1CCN(C)CC1. The number of likely N-dealkylation sites (N-methyl/N-ethyl adjacent to an activating group) is 1. The molecular weight excluding hydrogens is 311 g/mol. The van der Waals surface area contributed by atoms with Gasteiger partial charge in [0.05, 0.1) is 24.0 Å². The lowest BCUT2D eigenvalue weighted by Crippen LogP contribution is -2.45. The first-order chi connectivity index (χ1) is 11.5. The van der Waals surface area contributed by atoms with Crippen molar-refractivity contribution in [1.82, 2.24) is 10.2 Å². The summed E-state index contributed by atoms with van der Waals surface area (Å²) >= 11 is 0. The number of urea groups is 1. The molecule has 0 bridgehead atoms. The molecule has 6 nitrogen and oxygen atoms in total. The van der Waals surface area contributed by atoms with E-state index in [2.05, 4.69) is 27.5 Å². The number of halogens is 1. The summed E-state index contributed by atoms with van der Waals surface area (Å²) in [6, 6.07) is 4.10. The van der Waals surface area contributed by atoms with Gasteiger partial charge in [0, 0.05) is 33.3 Å². The van der Waals surface area contributed by atoms with E-state index in [1.807, 2.05) is 6.92 Å². The Bertz CT molecular complexity index is 547. The van der Waals surface area contributed by atoms with Crippen LogP contribution >= 0.6 is 0 Å². The van der Waals surface area contributed by atoms with Crippen LogP contribution in [0.5, 0.6) is 0 Å². The summed E-state index contributed by atoms with van der Waals surface area (Å²) in [5.41, 5.74) is 1.34. The van der Waals surface area contributed by atoms with Gasteiger partial charge in [0.25, 0.3) is 0 Å². The molecule has 7 heteroatoms. The molecule has 134 valence electrons. The number of methoxy groups -OCH3 is 1. The number of hydrogen-bond acceptors (Lipinski definition) is 4. The Morgan fingerprint density at radius 3 is 2.67 bits per heavy atom. The van der Waals surface area contributed by atoms with Crippen LogP contribution in [0.2, 0.25) is 0 Å². The summed E-state index contributed by atoms with van der Waals surface area (Å²) in [5.74, 6) is -0.368. The third-order valence-electron chi connectivity index (χ3n) is 4.25. The molecule has 1 aromatic rings. The molecule has 1 atom stereocenters. The van der Waals surface area contributed by atoms with Gasteiger partial charge in [-0.05, 0) is 31.7 Å². The number of nitrogens with one attached hydrogen (secondary N) is 2. The van der Waals surface area contributed by atoms with E-state index in [4.69, 9.17) is 4.74 Å². The van der Waals surface area contributed by atoms with E-state index in [9.17, 15) is 9.18 Å². The standard InChI is InChI=1S/C17H27FN4O2/c1-4-14(12-24-3)19-17(23)20-15-11-13(18)5-6-16(15)22-9-7-21(2)8-10-22/h5-6,11,14H,4,7-10,12H2,1-3H3,(H2,19,20,23). The first-order valence-corrected chi connectivity index (χ1v) is 8.33. The Labute approximate surface area is 142 Å². The number of ether oxygens (including phenoxy) is 1. The fourth-order valence-electron chi connectivity index (χ4n) is 2.74. The van der Waals surface area contributed by atoms with E-state index in [0.717, 1.165) is 38.3 Å². The van der Waals surface area contributed by atoms with Crippen LogP contribution in [0.4, 0.5) is 20.6 Å². The molecule has 0 aliphatic carbocycles. The van der Waals surface area contributed by atoms with Crippen molar-refractivity contribution in [3.63, 3.8) is 0 Å². The second-order valence-electron chi connectivity index (χ2n) is 6.11. The number of amides is 2. The van der Waals surface area contributed by atoms with Gasteiger partial charge < -0.3 is 25.2 Å². The van der Waals surface area contributed by atoms with Gasteiger partial charge in [-0.15, -0.1) is 0 Å². The molecule has 0 saturated carbocycles. The van der Waals surface area contributed by atoms with Crippen molar-refractivity contribution >= 4 is 17.4 Å². The summed E-state index contributed by atoms with van der Waals surface area (Å²) in [5, 5.41) is 5.63. The Morgan fingerprint density at radius 2 is 2.04 bits per heavy atom. The zero-order valence-corrected chi connectivity index (χ0v) is 14.6. The van der Waals surface area contributed by atoms with Gasteiger partial charge in [-0.25, -0.2) is 9.18 Å². The largest absolute Gasteiger partial charge is 0.383 e. The molecule has 2 rings (SSSR count). The van der Waals surface area contributed by atoms with E-state index in [0.29, 0.717) is 12.3 Å². The average molecular weight is 338 g/mol. The van der Waals surface area contributed by atoms with E-state index in [-0.39, 0.29) is 17.9 Å². The number of benzene rings is 1. The van der Waals surface area contributed by atoms with Gasteiger partial charge in [-0.1, -0.05) is 6.92 Å². The summed E-state index contributed by atoms with van der Waals surface area (Å²) in [6.07, 6.45) is 0.760. The molecule has 2 N–H and O–H groups in total. The van der Waals surface area contributed by atoms with Crippen LogP contribution in [0.1, 0.15) is 13.3 Å². The molecule has 1 aromatic carbocycles. The van der Waals surface area contributed by atoms with Crippen LogP contribution in [0.3, 0.4) is 0 Å². The zero-order valence-electron chi connectivity index (χ0n) is 14.6. The van der Waals surface area contributed by atoms with Gasteiger partial charge in [0.2, 0.25) is 0 Å². The maximum Gasteiger partial charge on any atom is 0.319 e. The van der Waals surface area contributed by atoms with Crippen LogP contribution < -0.4 is 15.5 Å². The van der Waals surface area contributed by atoms with Gasteiger partial charge >= 0.3 is 6.03 Å². The molecule has 24 heavy (non-hydrogen) atoms. The monoisotopic (exact) mass is 338 g/mol. The molecule has 1 unspecified atom stereocenters. The molecule has 0 radical (unpaired) electrons. The van der Waals surface area contributed by atoms with Gasteiger partial charge in [-0.2, -0.15) is 0 Å². The number of piperazine rings is 1. The third kappa shape index (κ3) is 5.07. The minimum atomic E-state index is -0.368. The van der Waals surface area contributed by atoms with Crippen LogP contribution in [0.15, 0.2) is 18.2 Å². The summed E-state index contributed by atoms with van der Waals surface area (Å²) in [4.78, 5) is 16.6. The Balaban J connectivity index is 2.08. The second-order valence-corrected chi connectivity index (χ2v) is 6.11. The van der Waals surface area contributed by atoms with Crippen molar-refractivity contribution < 1.29 is 13.9 Å². The molecular formula is C17H27FN4O2. The molecule has 2 amide bonds. The van der Waals surface area contributed by atoms with Crippen molar-refractivity contribution in [2.75, 3.05) is 57.2 Å². The van der Waals surface area contributed by atoms with Crippen molar-refractivity contribution in [3.8, 4) is 0 Å². The zero-order chi connectivity index (χ0) is 17.5. The highest BCUT2D eigenvalue weighted by molar-refractivity contribution is 5.93. The number of hydrogen-bond donors (Lipinski definition) is 2. The Hall–Kier alpha value is -1.86. The minimum absolute atomic E-state index is 0.0735. The third-order valence-corrected chi connectivity index (χ3v) is 4.25. The summed E-state index contributed by atoms with van der Waals surface area (Å²) in [7, 11) is 3.68. The first kappa shape index (κ1) is 18.5. The number of rotatable bonds is 6. The number of anilines is 2. The molecule has 1 aliphatic rings. The lowest BCUT2D eigenvalue weighted by Gasteiger charge is -2.35. The topological polar surface area (TPSA) is 56.8 Å². The van der Waals surface area contributed by atoms with Crippen LogP contribution in [0.25, 0.3) is 0 Å². The number of nitrogens with zero attached hydrogens (tertiary/aromatic N) is 2. The molecule has 1 fully saturated rings. The fourth-order valence-corrected chi connectivity index (χ4v) is 2.74. The maximum absolute atomic E-state index is 13.7. The normalized spacial score (nSPS) is 16.8. The van der Waals surface area contributed by atoms with Crippen molar-refractivity contribution in [3.05, 3.63) is 24.0 Å². The van der Waals surface area contributed by atoms with Gasteiger partial charge in [-0.3, -0.25) is 0 Å². The van der Waals surface area contributed by atoms with Crippen LogP contribution in [0, 0.1) is 5.82 Å². The summed E-state index contributed by atoms with van der Waals surface area (Å²) in [6.45, 7) is 5.99. The van der Waals surface area contributed by atoms with Crippen LogP contribution in [-0.4, -0.2) is 63.9 Å². The second kappa shape index (κ2) is 8.84. The van der Waals surface area contributed by atoms with Gasteiger partial charge in [0.15, 0.2) is 0 Å². The minimum Gasteiger partial charge on any atom is -0.383 e. The first-order valence-electron chi connectivity index (χ1n) is 8.33. The maximum atomic E-state index is 13.7. The highest BCUT2D eigenvalue weighted by atomic mass is 19.1. The number of carbonyl (C=O) groups excluding carboxylic acids is 1. The van der Waals surface area contributed by atoms with Crippen LogP contribution in [-0.2, 0) is 4.74 Å². The van der Waals surface area contributed by atoms with Crippen molar-refractivity contribution in [2.24, 2.45) is 0 Å². The predicted molar refractivity (Wildman–Crippen MR) is 94.2 cm³/mol. The lowest BCUT2D eigenvalue weighted by atomic mass is 10.2.